The topological polar surface area (TPSA) is 87.1 Å². The van der Waals surface area contributed by atoms with Crippen LogP contribution in [-0.4, -0.2) is 29.0 Å². The van der Waals surface area contributed by atoms with Crippen LogP contribution in [-0.2, 0) is 9.59 Å². The highest BCUT2D eigenvalue weighted by Crippen LogP contribution is 2.43. The number of aliphatic hydroxyl groups is 1. The van der Waals surface area contributed by atoms with Crippen LogP contribution in [0.1, 0.15) is 22.7 Å². The predicted molar refractivity (Wildman–Crippen MR) is 117 cm³/mol. The number of phenols is 1. The number of phenolic OH excluding ortho intramolecular Hbond substituents is 1. The standard InChI is InChI=1S/C25H20FNO5/c1-14-12-19(32-2)10-11-20(14)23(29)21-22(15-4-3-5-18(28)13-15)27(25(31)24(21)30)17-8-6-16(26)7-9-17/h3-13,22,28-29H,1-2H3/b23-21-. The van der Waals surface area contributed by atoms with Gasteiger partial charge in [0.25, 0.3) is 11.7 Å². The van der Waals surface area contributed by atoms with Crippen LogP contribution in [0.25, 0.3) is 5.76 Å². The fourth-order valence-corrected chi connectivity index (χ4v) is 3.88. The van der Waals surface area contributed by atoms with Crippen molar-refractivity contribution < 1.29 is 28.9 Å². The van der Waals surface area contributed by atoms with Crippen LogP contribution in [0, 0.1) is 12.7 Å². The summed E-state index contributed by atoms with van der Waals surface area (Å²) in [6.07, 6.45) is 0. The number of anilines is 1. The molecule has 3 aromatic rings. The summed E-state index contributed by atoms with van der Waals surface area (Å²) in [6, 6.07) is 15.2. The van der Waals surface area contributed by atoms with Gasteiger partial charge in [0.1, 0.15) is 23.1 Å². The first-order valence-electron chi connectivity index (χ1n) is 9.82. The molecule has 1 saturated heterocycles. The molecule has 4 rings (SSSR count). The van der Waals surface area contributed by atoms with Crippen molar-refractivity contribution in [3.63, 3.8) is 0 Å². The first-order valence-corrected chi connectivity index (χ1v) is 9.82. The molecular formula is C25H20FNO5. The largest absolute Gasteiger partial charge is 0.508 e. The first kappa shape index (κ1) is 21.1. The number of benzene rings is 3. The fourth-order valence-electron chi connectivity index (χ4n) is 3.88. The smallest absolute Gasteiger partial charge is 0.300 e. The summed E-state index contributed by atoms with van der Waals surface area (Å²) in [5.41, 5.74) is 1.59. The van der Waals surface area contributed by atoms with E-state index in [0.29, 0.717) is 22.4 Å². The second-order valence-corrected chi connectivity index (χ2v) is 7.42. The van der Waals surface area contributed by atoms with Crippen molar-refractivity contribution in [2.24, 2.45) is 0 Å². The summed E-state index contributed by atoms with van der Waals surface area (Å²) >= 11 is 0. The van der Waals surface area contributed by atoms with Crippen LogP contribution in [0.2, 0.25) is 0 Å². The van der Waals surface area contributed by atoms with Gasteiger partial charge in [-0.3, -0.25) is 14.5 Å². The van der Waals surface area contributed by atoms with Crippen LogP contribution in [0.4, 0.5) is 10.1 Å². The number of rotatable bonds is 4. The average Bonchev–Trinajstić information content (AvgIpc) is 3.04. The van der Waals surface area contributed by atoms with Gasteiger partial charge in [0, 0.05) is 11.3 Å². The molecule has 2 N–H and O–H groups in total. The molecule has 0 spiro atoms. The monoisotopic (exact) mass is 433 g/mol. The van der Waals surface area contributed by atoms with Crippen molar-refractivity contribution in [2.45, 2.75) is 13.0 Å². The van der Waals surface area contributed by atoms with Crippen molar-refractivity contribution in [1.82, 2.24) is 0 Å². The van der Waals surface area contributed by atoms with Gasteiger partial charge in [-0.05, 0) is 72.6 Å². The molecular weight excluding hydrogens is 413 g/mol. The number of methoxy groups -OCH3 is 1. The number of Topliss-reactive ketones (excluding diaryl/α,β-unsaturated/α-hetero) is 1. The van der Waals surface area contributed by atoms with Gasteiger partial charge in [-0.15, -0.1) is 0 Å². The molecule has 0 aromatic heterocycles. The normalized spacial score (nSPS) is 17.6. The SMILES string of the molecule is COc1ccc(/C(O)=C2/C(=O)C(=O)N(c3ccc(F)cc3)C2c2cccc(O)c2)c(C)c1. The summed E-state index contributed by atoms with van der Waals surface area (Å²) in [4.78, 5) is 27.3. The van der Waals surface area contributed by atoms with E-state index < -0.39 is 23.5 Å². The minimum absolute atomic E-state index is 0.0622. The number of ketones is 1. The maximum atomic E-state index is 13.5. The Bertz CT molecular complexity index is 1250. The third-order valence-corrected chi connectivity index (χ3v) is 5.42. The highest BCUT2D eigenvalue weighted by Gasteiger charge is 2.47. The van der Waals surface area contributed by atoms with E-state index >= 15 is 0 Å². The Morgan fingerprint density at radius 1 is 1.03 bits per heavy atom. The number of ether oxygens (including phenoxy) is 1. The van der Waals surface area contributed by atoms with E-state index in [1.54, 1.807) is 37.3 Å². The predicted octanol–water partition coefficient (Wildman–Crippen LogP) is 4.47. The van der Waals surface area contributed by atoms with E-state index in [1.165, 1.54) is 48.4 Å². The number of halogens is 1. The Labute approximate surface area is 183 Å². The third-order valence-electron chi connectivity index (χ3n) is 5.42. The number of amides is 1. The number of carbonyl (C=O) groups excluding carboxylic acids is 2. The van der Waals surface area contributed by atoms with Gasteiger partial charge in [0.15, 0.2) is 0 Å². The third kappa shape index (κ3) is 3.58. The van der Waals surface area contributed by atoms with E-state index in [2.05, 4.69) is 0 Å². The molecule has 1 aliphatic heterocycles. The number of aliphatic hydroxyl groups excluding tert-OH is 1. The van der Waals surface area contributed by atoms with Crippen molar-refractivity contribution in [3.8, 4) is 11.5 Å². The van der Waals surface area contributed by atoms with Crippen molar-refractivity contribution in [2.75, 3.05) is 12.0 Å². The maximum absolute atomic E-state index is 13.5. The highest BCUT2D eigenvalue weighted by molar-refractivity contribution is 6.51. The summed E-state index contributed by atoms with van der Waals surface area (Å²) in [5, 5.41) is 21.2. The number of hydrogen-bond acceptors (Lipinski definition) is 5. The van der Waals surface area contributed by atoms with Crippen LogP contribution in [0.5, 0.6) is 11.5 Å². The average molecular weight is 433 g/mol. The minimum atomic E-state index is -1.02. The second-order valence-electron chi connectivity index (χ2n) is 7.42. The van der Waals surface area contributed by atoms with E-state index in [0.717, 1.165) is 0 Å². The lowest BCUT2D eigenvalue weighted by molar-refractivity contribution is -0.132. The van der Waals surface area contributed by atoms with Crippen molar-refractivity contribution in [3.05, 3.63) is 94.8 Å². The van der Waals surface area contributed by atoms with Crippen LogP contribution >= 0.6 is 0 Å². The van der Waals surface area contributed by atoms with E-state index in [1.807, 2.05) is 0 Å². The van der Waals surface area contributed by atoms with Gasteiger partial charge in [-0.1, -0.05) is 12.1 Å². The van der Waals surface area contributed by atoms with Gasteiger partial charge >= 0.3 is 0 Å². The number of carbonyl (C=O) groups is 2. The van der Waals surface area contributed by atoms with Crippen LogP contribution < -0.4 is 9.64 Å². The quantitative estimate of drug-likeness (QED) is 0.360. The summed E-state index contributed by atoms with van der Waals surface area (Å²) in [6.45, 7) is 1.75. The first-order chi connectivity index (χ1) is 15.3. The maximum Gasteiger partial charge on any atom is 0.300 e. The van der Waals surface area contributed by atoms with Crippen LogP contribution in [0.15, 0.2) is 72.3 Å². The van der Waals surface area contributed by atoms with Gasteiger partial charge in [-0.25, -0.2) is 4.39 Å². The zero-order valence-electron chi connectivity index (χ0n) is 17.4. The van der Waals surface area contributed by atoms with Gasteiger partial charge in [-0.2, -0.15) is 0 Å². The molecule has 1 atom stereocenters. The molecule has 1 amide bonds. The lowest BCUT2D eigenvalue weighted by Crippen LogP contribution is -2.29. The Morgan fingerprint density at radius 3 is 2.38 bits per heavy atom. The Morgan fingerprint density at radius 2 is 1.75 bits per heavy atom. The van der Waals surface area contributed by atoms with Crippen molar-refractivity contribution in [1.29, 1.82) is 0 Å². The molecule has 0 aliphatic carbocycles. The summed E-state index contributed by atoms with van der Waals surface area (Å²) in [7, 11) is 1.52. The zero-order valence-corrected chi connectivity index (χ0v) is 17.4. The molecule has 1 aliphatic rings. The molecule has 0 radical (unpaired) electrons. The fraction of sp³-hybridized carbons (Fsp3) is 0.120. The van der Waals surface area contributed by atoms with Crippen LogP contribution in [0.3, 0.4) is 0 Å². The van der Waals surface area contributed by atoms with E-state index in [-0.39, 0.29) is 22.8 Å². The minimum Gasteiger partial charge on any atom is -0.508 e. The van der Waals surface area contributed by atoms with Gasteiger partial charge in [0.05, 0.1) is 18.7 Å². The lowest BCUT2D eigenvalue weighted by Gasteiger charge is -2.25. The lowest BCUT2D eigenvalue weighted by atomic mass is 9.93. The van der Waals surface area contributed by atoms with E-state index in [9.17, 15) is 24.2 Å². The molecule has 1 heterocycles. The molecule has 32 heavy (non-hydrogen) atoms. The molecule has 7 heteroatoms. The Hall–Kier alpha value is -4.13. The molecule has 1 fully saturated rings. The van der Waals surface area contributed by atoms with Gasteiger partial charge < -0.3 is 14.9 Å². The molecule has 0 saturated carbocycles. The summed E-state index contributed by atoms with van der Waals surface area (Å²) in [5.74, 6) is -2.06. The number of nitrogens with zero attached hydrogens (tertiary/aromatic N) is 1. The molecule has 0 bridgehead atoms. The molecule has 1 unspecified atom stereocenters. The second kappa shape index (κ2) is 8.19. The van der Waals surface area contributed by atoms with Gasteiger partial charge in [0.2, 0.25) is 0 Å². The molecule has 6 nitrogen and oxygen atoms in total. The van der Waals surface area contributed by atoms with Crippen molar-refractivity contribution >= 4 is 23.1 Å². The molecule has 162 valence electrons. The number of aromatic hydroxyl groups is 1. The number of aryl methyl sites for hydroxylation is 1. The Kier molecular flexibility index (Phi) is 5.40. The summed E-state index contributed by atoms with van der Waals surface area (Å²) < 4.78 is 18.7. The highest BCUT2D eigenvalue weighted by atomic mass is 19.1. The molecule has 3 aromatic carbocycles. The number of hydrogen-bond donors (Lipinski definition) is 2. The Balaban J connectivity index is 1.95. The van der Waals surface area contributed by atoms with E-state index in [4.69, 9.17) is 4.74 Å². The zero-order chi connectivity index (χ0) is 23.0.